The van der Waals surface area contributed by atoms with Crippen LogP contribution in [-0.2, 0) is 22.6 Å². The molecule has 0 fully saturated rings. The first-order chi connectivity index (χ1) is 11.6. The summed E-state index contributed by atoms with van der Waals surface area (Å²) in [4.78, 5) is 11.9. The Kier molecular flexibility index (Phi) is 7.32. The number of nitrogens with one attached hydrogen (secondary N) is 2. The number of urea groups is 1. The predicted molar refractivity (Wildman–Crippen MR) is 91.8 cm³/mol. The summed E-state index contributed by atoms with van der Waals surface area (Å²) in [5, 5.41) is 5.52. The Morgan fingerprint density at radius 3 is 2.83 bits per heavy atom. The molecule has 0 saturated heterocycles. The van der Waals surface area contributed by atoms with Gasteiger partial charge in [0.15, 0.2) is 0 Å². The molecule has 2 amide bonds. The third-order valence-electron chi connectivity index (χ3n) is 3.14. The standard InChI is InChI=1S/C18H24N2O4/c1-14(2)23-10-9-22-13-15-5-3-6-16(11-15)20-18(21)19-12-17-7-4-8-24-17/h3-8,11,14H,9-10,12-13H2,1-2H3,(H2,19,20,21). The maximum absolute atomic E-state index is 11.9. The molecule has 0 spiro atoms. The van der Waals surface area contributed by atoms with E-state index >= 15 is 0 Å². The third kappa shape index (κ3) is 6.85. The second-order valence-corrected chi connectivity index (χ2v) is 5.56. The van der Waals surface area contributed by atoms with Gasteiger partial charge in [0.2, 0.25) is 0 Å². The Balaban J connectivity index is 1.72. The van der Waals surface area contributed by atoms with Gasteiger partial charge < -0.3 is 24.5 Å². The van der Waals surface area contributed by atoms with Crippen LogP contribution >= 0.6 is 0 Å². The van der Waals surface area contributed by atoms with Crippen LogP contribution in [0.2, 0.25) is 0 Å². The van der Waals surface area contributed by atoms with Crippen LogP contribution < -0.4 is 10.6 Å². The molecular weight excluding hydrogens is 308 g/mol. The van der Waals surface area contributed by atoms with Gasteiger partial charge in [0.25, 0.3) is 0 Å². The van der Waals surface area contributed by atoms with E-state index in [1.54, 1.807) is 18.4 Å². The molecular formula is C18H24N2O4. The molecule has 0 aliphatic heterocycles. The van der Waals surface area contributed by atoms with Crippen LogP contribution in [0.25, 0.3) is 0 Å². The second-order valence-electron chi connectivity index (χ2n) is 5.56. The lowest BCUT2D eigenvalue weighted by Gasteiger charge is -2.10. The number of ether oxygens (including phenoxy) is 2. The zero-order chi connectivity index (χ0) is 17.2. The smallest absolute Gasteiger partial charge is 0.319 e. The van der Waals surface area contributed by atoms with Crippen LogP contribution in [0.5, 0.6) is 0 Å². The summed E-state index contributed by atoms with van der Waals surface area (Å²) in [6.07, 6.45) is 1.78. The Morgan fingerprint density at radius 2 is 2.08 bits per heavy atom. The van der Waals surface area contributed by atoms with Crippen LogP contribution in [-0.4, -0.2) is 25.3 Å². The van der Waals surface area contributed by atoms with E-state index in [0.717, 1.165) is 5.56 Å². The minimum atomic E-state index is -0.283. The molecule has 1 heterocycles. The highest BCUT2D eigenvalue weighted by atomic mass is 16.5. The molecule has 130 valence electrons. The highest BCUT2D eigenvalue weighted by Gasteiger charge is 2.04. The fraction of sp³-hybridized carbons (Fsp3) is 0.389. The van der Waals surface area contributed by atoms with Crippen molar-refractivity contribution in [3.63, 3.8) is 0 Å². The highest BCUT2D eigenvalue weighted by molar-refractivity contribution is 5.89. The second kappa shape index (κ2) is 9.75. The van der Waals surface area contributed by atoms with Gasteiger partial charge >= 0.3 is 6.03 Å². The fourth-order valence-corrected chi connectivity index (χ4v) is 2.03. The first-order valence-corrected chi connectivity index (χ1v) is 7.99. The van der Waals surface area contributed by atoms with Crippen molar-refractivity contribution in [2.24, 2.45) is 0 Å². The van der Waals surface area contributed by atoms with Gasteiger partial charge in [-0.15, -0.1) is 0 Å². The average Bonchev–Trinajstić information content (AvgIpc) is 3.06. The van der Waals surface area contributed by atoms with Crippen LogP contribution in [0.1, 0.15) is 25.2 Å². The van der Waals surface area contributed by atoms with Crippen molar-refractivity contribution >= 4 is 11.7 Å². The van der Waals surface area contributed by atoms with Crippen molar-refractivity contribution in [1.82, 2.24) is 5.32 Å². The minimum absolute atomic E-state index is 0.209. The molecule has 0 aliphatic rings. The highest BCUT2D eigenvalue weighted by Crippen LogP contribution is 2.11. The third-order valence-corrected chi connectivity index (χ3v) is 3.14. The van der Waals surface area contributed by atoms with E-state index in [0.29, 0.717) is 37.8 Å². The maximum atomic E-state index is 11.9. The number of carbonyl (C=O) groups excluding carboxylic acids is 1. The van der Waals surface area contributed by atoms with Gasteiger partial charge in [-0.2, -0.15) is 0 Å². The number of hydrogen-bond acceptors (Lipinski definition) is 4. The molecule has 2 N–H and O–H groups in total. The van der Waals surface area contributed by atoms with Gasteiger partial charge in [-0.05, 0) is 43.7 Å². The van der Waals surface area contributed by atoms with E-state index < -0.39 is 0 Å². The quantitative estimate of drug-likeness (QED) is 0.689. The molecule has 1 aromatic carbocycles. The number of hydrogen-bond donors (Lipinski definition) is 2. The molecule has 0 saturated carbocycles. The number of amides is 2. The zero-order valence-corrected chi connectivity index (χ0v) is 14.1. The van der Waals surface area contributed by atoms with Gasteiger partial charge in [-0.3, -0.25) is 0 Å². The summed E-state index contributed by atoms with van der Waals surface area (Å²) in [5.74, 6) is 0.705. The lowest BCUT2D eigenvalue weighted by atomic mass is 10.2. The molecule has 24 heavy (non-hydrogen) atoms. The first kappa shape index (κ1) is 18.0. The van der Waals surface area contributed by atoms with Crippen LogP contribution in [0.3, 0.4) is 0 Å². The van der Waals surface area contributed by atoms with Crippen LogP contribution in [0.15, 0.2) is 47.1 Å². The largest absolute Gasteiger partial charge is 0.467 e. The van der Waals surface area contributed by atoms with Gasteiger partial charge in [0.05, 0.1) is 38.7 Å². The molecule has 0 unspecified atom stereocenters. The summed E-state index contributed by atoms with van der Waals surface area (Å²) >= 11 is 0. The molecule has 0 radical (unpaired) electrons. The maximum Gasteiger partial charge on any atom is 0.319 e. The van der Waals surface area contributed by atoms with Gasteiger partial charge in [-0.1, -0.05) is 12.1 Å². The number of furan rings is 1. The average molecular weight is 332 g/mol. The van der Waals surface area contributed by atoms with E-state index in [2.05, 4.69) is 10.6 Å². The Morgan fingerprint density at radius 1 is 1.21 bits per heavy atom. The number of benzene rings is 1. The van der Waals surface area contributed by atoms with E-state index in [1.807, 2.05) is 38.1 Å². The normalized spacial score (nSPS) is 10.8. The van der Waals surface area contributed by atoms with Crippen LogP contribution in [0, 0.1) is 0 Å². The molecule has 2 aromatic rings. The predicted octanol–water partition coefficient (Wildman–Crippen LogP) is 3.54. The van der Waals surface area contributed by atoms with Crippen molar-refractivity contribution in [2.75, 3.05) is 18.5 Å². The minimum Gasteiger partial charge on any atom is -0.467 e. The number of anilines is 1. The molecule has 2 rings (SSSR count). The number of rotatable bonds is 9. The van der Waals surface area contributed by atoms with Crippen molar-refractivity contribution in [3.8, 4) is 0 Å². The van der Waals surface area contributed by atoms with Crippen LogP contribution in [0.4, 0.5) is 10.5 Å². The Labute approximate surface area is 142 Å². The van der Waals surface area contributed by atoms with E-state index in [-0.39, 0.29) is 12.1 Å². The summed E-state index contributed by atoms with van der Waals surface area (Å²) in [6.45, 7) is 5.92. The van der Waals surface area contributed by atoms with Gasteiger partial charge in [0, 0.05) is 5.69 Å². The SMILES string of the molecule is CC(C)OCCOCc1cccc(NC(=O)NCc2ccco2)c1. The molecule has 6 heteroatoms. The molecule has 6 nitrogen and oxygen atoms in total. The van der Waals surface area contributed by atoms with Crippen molar-refractivity contribution in [2.45, 2.75) is 33.1 Å². The van der Waals surface area contributed by atoms with E-state index in [1.165, 1.54) is 0 Å². The summed E-state index contributed by atoms with van der Waals surface area (Å²) in [6, 6.07) is 10.9. The van der Waals surface area contributed by atoms with Crippen molar-refractivity contribution in [1.29, 1.82) is 0 Å². The van der Waals surface area contributed by atoms with Gasteiger partial charge in [-0.25, -0.2) is 4.79 Å². The van der Waals surface area contributed by atoms with E-state index in [9.17, 15) is 4.79 Å². The van der Waals surface area contributed by atoms with Crippen molar-refractivity contribution < 1.29 is 18.7 Å². The monoisotopic (exact) mass is 332 g/mol. The Bertz CT molecular complexity index is 611. The molecule has 0 atom stereocenters. The van der Waals surface area contributed by atoms with Gasteiger partial charge in [0.1, 0.15) is 5.76 Å². The zero-order valence-electron chi connectivity index (χ0n) is 14.1. The first-order valence-electron chi connectivity index (χ1n) is 7.99. The fourth-order valence-electron chi connectivity index (χ4n) is 2.03. The lowest BCUT2D eigenvalue weighted by molar-refractivity contribution is 0.0143. The number of carbonyl (C=O) groups is 1. The molecule has 0 aliphatic carbocycles. The molecule has 0 bridgehead atoms. The Hall–Kier alpha value is -2.31. The molecule has 1 aromatic heterocycles. The lowest BCUT2D eigenvalue weighted by Crippen LogP contribution is -2.28. The summed E-state index contributed by atoms with van der Waals surface area (Å²) in [7, 11) is 0. The topological polar surface area (TPSA) is 72.7 Å². The van der Waals surface area contributed by atoms with Crippen molar-refractivity contribution in [3.05, 3.63) is 54.0 Å². The van der Waals surface area contributed by atoms with E-state index in [4.69, 9.17) is 13.9 Å². The summed E-state index contributed by atoms with van der Waals surface area (Å²) in [5.41, 5.74) is 1.70. The summed E-state index contributed by atoms with van der Waals surface area (Å²) < 4.78 is 16.1.